The Labute approximate surface area is 169 Å². The molecule has 29 heavy (non-hydrogen) atoms. The second-order valence-electron chi connectivity index (χ2n) is 6.61. The molecule has 0 atom stereocenters. The third-order valence-corrected chi connectivity index (χ3v) is 6.13. The summed E-state index contributed by atoms with van der Waals surface area (Å²) < 4.78 is 57.9. The molecule has 1 heterocycles. The zero-order valence-electron chi connectivity index (χ0n) is 16.3. The van der Waals surface area contributed by atoms with Gasteiger partial charge in [-0.3, -0.25) is 0 Å². The molecule has 1 aromatic carbocycles. The zero-order chi connectivity index (χ0) is 20.9. The van der Waals surface area contributed by atoms with Crippen LogP contribution in [0.5, 0.6) is 17.5 Å². The van der Waals surface area contributed by atoms with Crippen molar-refractivity contribution in [3.63, 3.8) is 0 Å². The van der Waals surface area contributed by atoms with Crippen LogP contribution in [0.1, 0.15) is 32.6 Å². The molecule has 0 radical (unpaired) electrons. The predicted octanol–water partition coefficient (Wildman–Crippen LogP) is 2.69. The molecule has 3 rings (SSSR count). The molecule has 0 unspecified atom stereocenters. The Morgan fingerprint density at radius 1 is 1.14 bits per heavy atom. The smallest absolute Gasteiger partial charge is 0.278 e. The fourth-order valence-electron chi connectivity index (χ4n) is 3.20. The minimum absolute atomic E-state index is 0.0311. The lowest BCUT2D eigenvalue weighted by molar-refractivity contribution is 0.132. The molecule has 8 nitrogen and oxygen atoms in total. The van der Waals surface area contributed by atoms with E-state index < -0.39 is 15.8 Å². The number of hydrogen-bond donors (Lipinski definition) is 1. The molecule has 1 aliphatic carbocycles. The van der Waals surface area contributed by atoms with Gasteiger partial charge in [0, 0.05) is 18.4 Å². The fourth-order valence-corrected chi connectivity index (χ4v) is 4.51. The van der Waals surface area contributed by atoms with E-state index in [2.05, 4.69) is 14.7 Å². The van der Waals surface area contributed by atoms with Crippen LogP contribution in [0.4, 0.5) is 4.39 Å². The molecule has 1 fully saturated rings. The van der Waals surface area contributed by atoms with Crippen molar-refractivity contribution in [2.24, 2.45) is 0 Å². The second-order valence-corrected chi connectivity index (χ2v) is 8.32. The summed E-state index contributed by atoms with van der Waals surface area (Å²) >= 11 is 0. The van der Waals surface area contributed by atoms with Crippen molar-refractivity contribution in [1.82, 2.24) is 14.7 Å². The van der Waals surface area contributed by atoms with Crippen LogP contribution in [-0.4, -0.2) is 44.2 Å². The summed E-state index contributed by atoms with van der Waals surface area (Å²) in [4.78, 5) is 8.04. The maximum atomic E-state index is 14.0. The first-order valence-electron chi connectivity index (χ1n) is 9.39. The first kappa shape index (κ1) is 21.3. The Balaban J connectivity index is 1.58. The van der Waals surface area contributed by atoms with Crippen LogP contribution in [0.3, 0.4) is 0 Å². The van der Waals surface area contributed by atoms with E-state index in [4.69, 9.17) is 14.2 Å². The number of nitrogens with one attached hydrogen (secondary N) is 1. The van der Waals surface area contributed by atoms with E-state index in [9.17, 15) is 12.8 Å². The summed E-state index contributed by atoms with van der Waals surface area (Å²) in [5, 5.41) is 0. The largest absolute Gasteiger partial charge is 0.491 e. The van der Waals surface area contributed by atoms with Gasteiger partial charge in [-0.2, -0.15) is 0 Å². The molecule has 2 aromatic rings. The number of ether oxygens (including phenoxy) is 3. The lowest BCUT2D eigenvalue weighted by Gasteiger charge is -2.29. The molecular formula is C19H24FN3O5S. The minimum Gasteiger partial charge on any atom is -0.491 e. The summed E-state index contributed by atoms with van der Waals surface area (Å²) in [6.07, 6.45) is 5.39. The third kappa shape index (κ3) is 5.33. The van der Waals surface area contributed by atoms with Crippen LogP contribution >= 0.6 is 0 Å². The van der Waals surface area contributed by atoms with Gasteiger partial charge < -0.3 is 14.2 Å². The van der Waals surface area contributed by atoms with Crippen LogP contribution in [0, 0.1) is 5.82 Å². The number of benzene rings is 1. The van der Waals surface area contributed by atoms with Crippen LogP contribution in [0.15, 0.2) is 35.5 Å². The summed E-state index contributed by atoms with van der Waals surface area (Å²) in [6, 6.07) is 3.39. The molecule has 0 amide bonds. The molecule has 10 heteroatoms. The quantitative estimate of drug-likeness (QED) is 0.694. The van der Waals surface area contributed by atoms with Crippen LogP contribution in [0.25, 0.3) is 0 Å². The second kappa shape index (κ2) is 9.36. The summed E-state index contributed by atoms with van der Waals surface area (Å²) in [5.41, 5.74) is 0. The number of methoxy groups -OCH3 is 1. The Hall–Kier alpha value is -2.46. The maximum Gasteiger partial charge on any atom is 0.278 e. The number of hydrogen-bond acceptors (Lipinski definition) is 7. The minimum atomic E-state index is -3.83. The number of nitrogens with zero attached hydrogens (tertiary/aromatic N) is 2. The van der Waals surface area contributed by atoms with Gasteiger partial charge in [-0.15, -0.1) is 0 Å². The van der Waals surface area contributed by atoms with E-state index in [1.54, 1.807) is 6.92 Å². The molecule has 0 aliphatic heterocycles. The molecular weight excluding hydrogens is 401 g/mol. The molecule has 1 saturated carbocycles. The zero-order valence-corrected chi connectivity index (χ0v) is 17.1. The normalized spacial score (nSPS) is 19.6. The fraction of sp³-hybridized carbons (Fsp3) is 0.474. The SMILES string of the molecule is CCOc1ccc(S(=O)(=O)NC2CCC(Oc3nccnc3OC)CC2)cc1F. The molecule has 158 valence electrons. The predicted molar refractivity (Wildman–Crippen MR) is 103 cm³/mol. The van der Waals surface area contributed by atoms with Crippen molar-refractivity contribution in [2.45, 2.75) is 49.6 Å². The van der Waals surface area contributed by atoms with Crippen LogP contribution in [-0.2, 0) is 10.0 Å². The highest BCUT2D eigenvalue weighted by Gasteiger charge is 2.28. The Kier molecular flexibility index (Phi) is 6.86. The van der Waals surface area contributed by atoms with Crippen molar-refractivity contribution < 1.29 is 27.0 Å². The monoisotopic (exact) mass is 425 g/mol. The van der Waals surface area contributed by atoms with Gasteiger partial charge in [-0.05, 0) is 50.8 Å². The first-order chi connectivity index (χ1) is 13.9. The standard InChI is InChI=1S/C19H24FN3O5S/c1-3-27-17-9-8-15(12-16(17)20)29(24,25)23-13-4-6-14(7-5-13)28-19-18(26-2)21-10-11-22-19/h8-14,23H,3-7H2,1-2H3. The number of halogens is 1. The lowest BCUT2D eigenvalue weighted by atomic mass is 9.94. The maximum absolute atomic E-state index is 14.0. The highest BCUT2D eigenvalue weighted by molar-refractivity contribution is 7.89. The highest BCUT2D eigenvalue weighted by atomic mass is 32.2. The lowest BCUT2D eigenvalue weighted by Crippen LogP contribution is -2.39. The Morgan fingerprint density at radius 2 is 1.83 bits per heavy atom. The van der Waals surface area contributed by atoms with Crippen molar-refractivity contribution >= 4 is 10.0 Å². The van der Waals surface area contributed by atoms with Gasteiger partial charge in [-0.25, -0.2) is 27.5 Å². The van der Waals surface area contributed by atoms with Gasteiger partial charge in [0.05, 0.1) is 18.6 Å². The van der Waals surface area contributed by atoms with E-state index in [-0.39, 0.29) is 22.8 Å². The molecule has 0 spiro atoms. The Morgan fingerprint density at radius 3 is 2.45 bits per heavy atom. The average Bonchev–Trinajstić information content (AvgIpc) is 2.71. The topological polar surface area (TPSA) is 99.6 Å². The Bertz CT molecular complexity index is 933. The highest BCUT2D eigenvalue weighted by Crippen LogP contribution is 2.28. The summed E-state index contributed by atoms with van der Waals surface area (Å²) in [6.45, 7) is 2.03. The average molecular weight is 425 g/mol. The summed E-state index contributed by atoms with van der Waals surface area (Å²) in [7, 11) is -2.34. The van der Waals surface area contributed by atoms with Crippen LogP contribution < -0.4 is 18.9 Å². The first-order valence-corrected chi connectivity index (χ1v) is 10.9. The van der Waals surface area contributed by atoms with Gasteiger partial charge in [0.2, 0.25) is 10.0 Å². The van der Waals surface area contributed by atoms with E-state index in [1.165, 1.54) is 31.6 Å². The van der Waals surface area contributed by atoms with Gasteiger partial charge in [0.15, 0.2) is 11.6 Å². The van der Waals surface area contributed by atoms with Gasteiger partial charge in [-0.1, -0.05) is 0 Å². The molecule has 0 saturated heterocycles. The van der Waals surface area contributed by atoms with E-state index in [1.807, 2.05) is 0 Å². The molecule has 1 N–H and O–H groups in total. The van der Waals surface area contributed by atoms with Crippen molar-refractivity contribution in [3.8, 4) is 17.5 Å². The van der Waals surface area contributed by atoms with Crippen molar-refractivity contribution in [3.05, 3.63) is 36.4 Å². The van der Waals surface area contributed by atoms with Gasteiger partial charge >= 0.3 is 0 Å². The third-order valence-electron chi connectivity index (χ3n) is 4.61. The van der Waals surface area contributed by atoms with Gasteiger partial charge in [0.1, 0.15) is 6.10 Å². The summed E-state index contributed by atoms with van der Waals surface area (Å²) in [5.74, 6) is -0.0370. The van der Waals surface area contributed by atoms with E-state index >= 15 is 0 Å². The number of aromatic nitrogens is 2. The number of sulfonamides is 1. The van der Waals surface area contributed by atoms with Gasteiger partial charge in [0.25, 0.3) is 11.8 Å². The van der Waals surface area contributed by atoms with E-state index in [0.29, 0.717) is 44.1 Å². The van der Waals surface area contributed by atoms with Crippen molar-refractivity contribution in [2.75, 3.05) is 13.7 Å². The van der Waals surface area contributed by atoms with Crippen molar-refractivity contribution in [1.29, 1.82) is 0 Å². The van der Waals surface area contributed by atoms with E-state index in [0.717, 1.165) is 6.07 Å². The van der Waals surface area contributed by atoms with Crippen LogP contribution in [0.2, 0.25) is 0 Å². The molecule has 1 aliphatic rings. The molecule has 0 bridgehead atoms. The molecule has 1 aromatic heterocycles. The number of rotatable bonds is 8.